The van der Waals surface area contributed by atoms with Gasteiger partial charge in [0.25, 0.3) is 0 Å². The number of ether oxygens (including phenoxy) is 2. The maximum atomic E-state index is 11.4. The first kappa shape index (κ1) is 19.0. The number of nitro groups is 1. The Kier molecular flexibility index (Phi) is 7.00. The molecule has 8 heteroatoms. The van der Waals surface area contributed by atoms with Crippen LogP contribution in [0.4, 0.5) is 11.4 Å². The standard InChI is InChI=1S/C17H25N3O5/c1-3-18-7-9-19(10-8-18)15-5-6-17(16(13-15)20(22)23)25-12-4-11-24-14(2)21/h5-6,13H,3-4,7-12H2,1-2H3. The van der Waals surface area contributed by atoms with Crippen molar-refractivity contribution in [3.63, 3.8) is 0 Å². The lowest BCUT2D eigenvalue weighted by atomic mass is 10.2. The smallest absolute Gasteiger partial charge is 0.312 e. The van der Waals surface area contributed by atoms with E-state index in [1.807, 2.05) is 6.07 Å². The largest absolute Gasteiger partial charge is 0.487 e. The molecule has 1 heterocycles. The van der Waals surface area contributed by atoms with Gasteiger partial charge >= 0.3 is 11.7 Å². The zero-order valence-corrected chi connectivity index (χ0v) is 14.8. The number of anilines is 1. The number of piperazine rings is 1. The Morgan fingerprint density at radius 2 is 1.96 bits per heavy atom. The molecular weight excluding hydrogens is 326 g/mol. The van der Waals surface area contributed by atoms with Crippen LogP contribution in [0.25, 0.3) is 0 Å². The summed E-state index contributed by atoms with van der Waals surface area (Å²) in [6.45, 7) is 8.61. The van der Waals surface area contributed by atoms with Crippen LogP contribution in [-0.4, -0.2) is 61.7 Å². The molecule has 0 aliphatic carbocycles. The summed E-state index contributed by atoms with van der Waals surface area (Å²) < 4.78 is 10.3. The van der Waals surface area contributed by atoms with Crippen LogP contribution >= 0.6 is 0 Å². The molecule has 1 saturated heterocycles. The number of rotatable bonds is 8. The molecule has 2 rings (SSSR count). The molecule has 0 amide bonds. The Labute approximate surface area is 147 Å². The number of benzene rings is 1. The van der Waals surface area contributed by atoms with Gasteiger partial charge in [0.15, 0.2) is 5.75 Å². The summed E-state index contributed by atoms with van der Waals surface area (Å²) in [7, 11) is 0. The first-order valence-corrected chi connectivity index (χ1v) is 8.53. The summed E-state index contributed by atoms with van der Waals surface area (Å²) in [4.78, 5) is 26.1. The van der Waals surface area contributed by atoms with Crippen LogP contribution in [0.2, 0.25) is 0 Å². The number of carbonyl (C=O) groups is 1. The predicted octanol–water partition coefficient (Wildman–Crippen LogP) is 2.07. The molecule has 8 nitrogen and oxygen atoms in total. The van der Waals surface area contributed by atoms with Crippen molar-refractivity contribution in [2.75, 3.05) is 50.8 Å². The quantitative estimate of drug-likeness (QED) is 0.307. The first-order chi connectivity index (χ1) is 12.0. The Balaban J connectivity index is 1.97. The van der Waals surface area contributed by atoms with Gasteiger partial charge in [0.1, 0.15) is 0 Å². The van der Waals surface area contributed by atoms with Crippen LogP contribution in [0.5, 0.6) is 5.75 Å². The number of likely N-dealkylation sites (N-methyl/N-ethyl adjacent to an activating group) is 1. The van der Waals surface area contributed by atoms with Crippen molar-refractivity contribution in [1.29, 1.82) is 0 Å². The molecule has 1 aromatic rings. The third kappa shape index (κ3) is 5.60. The van der Waals surface area contributed by atoms with Crippen molar-refractivity contribution in [3.8, 4) is 5.75 Å². The van der Waals surface area contributed by atoms with Crippen LogP contribution < -0.4 is 9.64 Å². The fraction of sp³-hybridized carbons (Fsp3) is 0.588. The Morgan fingerprint density at radius 1 is 1.24 bits per heavy atom. The highest BCUT2D eigenvalue weighted by Crippen LogP contribution is 2.32. The maximum absolute atomic E-state index is 11.4. The number of carbonyl (C=O) groups excluding carboxylic acids is 1. The van der Waals surface area contributed by atoms with Gasteiger partial charge in [-0.15, -0.1) is 0 Å². The van der Waals surface area contributed by atoms with Crippen LogP contribution in [0.3, 0.4) is 0 Å². The number of nitrogens with zero attached hydrogens (tertiary/aromatic N) is 3. The van der Waals surface area contributed by atoms with E-state index < -0.39 is 4.92 Å². The fourth-order valence-corrected chi connectivity index (χ4v) is 2.75. The second-order valence-corrected chi connectivity index (χ2v) is 5.87. The van der Waals surface area contributed by atoms with E-state index in [1.165, 1.54) is 6.92 Å². The highest BCUT2D eigenvalue weighted by Gasteiger charge is 2.21. The van der Waals surface area contributed by atoms with Gasteiger partial charge in [0, 0.05) is 51.3 Å². The molecule has 25 heavy (non-hydrogen) atoms. The lowest BCUT2D eigenvalue weighted by molar-refractivity contribution is -0.385. The van der Waals surface area contributed by atoms with E-state index in [9.17, 15) is 14.9 Å². The molecule has 0 unspecified atom stereocenters. The SMILES string of the molecule is CCN1CCN(c2ccc(OCCCOC(C)=O)c([N+](=O)[O-])c2)CC1. The molecule has 1 fully saturated rings. The predicted molar refractivity (Wildman–Crippen MR) is 94.2 cm³/mol. The molecule has 0 spiro atoms. The van der Waals surface area contributed by atoms with Gasteiger partial charge in [0.05, 0.1) is 18.1 Å². The molecular formula is C17H25N3O5. The molecule has 0 radical (unpaired) electrons. The zero-order chi connectivity index (χ0) is 18.2. The van der Waals surface area contributed by atoms with Crippen molar-refractivity contribution in [2.45, 2.75) is 20.3 Å². The minimum absolute atomic E-state index is 0.0390. The van der Waals surface area contributed by atoms with E-state index >= 15 is 0 Å². The third-order valence-corrected chi connectivity index (χ3v) is 4.18. The summed E-state index contributed by atoms with van der Waals surface area (Å²) >= 11 is 0. The second-order valence-electron chi connectivity index (χ2n) is 5.87. The molecule has 0 atom stereocenters. The number of hydrogen-bond acceptors (Lipinski definition) is 7. The van der Waals surface area contributed by atoms with Gasteiger partial charge < -0.3 is 19.3 Å². The van der Waals surface area contributed by atoms with E-state index in [-0.39, 0.29) is 30.6 Å². The van der Waals surface area contributed by atoms with Crippen molar-refractivity contribution in [1.82, 2.24) is 4.90 Å². The molecule has 0 N–H and O–H groups in total. The topological polar surface area (TPSA) is 85.2 Å². The summed E-state index contributed by atoms with van der Waals surface area (Å²) in [5.41, 5.74) is 0.803. The van der Waals surface area contributed by atoms with Crippen molar-refractivity contribution < 1.29 is 19.2 Å². The normalized spacial score (nSPS) is 15.0. The lowest BCUT2D eigenvalue weighted by Crippen LogP contribution is -2.46. The van der Waals surface area contributed by atoms with E-state index in [1.54, 1.807) is 12.1 Å². The van der Waals surface area contributed by atoms with Crippen LogP contribution in [0, 0.1) is 10.1 Å². The summed E-state index contributed by atoms with van der Waals surface area (Å²) in [6.07, 6.45) is 0.484. The fourth-order valence-electron chi connectivity index (χ4n) is 2.75. The van der Waals surface area contributed by atoms with Gasteiger partial charge in [-0.05, 0) is 18.7 Å². The Bertz CT molecular complexity index is 600. The lowest BCUT2D eigenvalue weighted by Gasteiger charge is -2.35. The van der Waals surface area contributed by atoms with Gasteiger partial charge in [-0.25, -0.2) is 0 Å². The van der Waals surface area contributed by atoms with Gasteiger partial charge in [0.2, 0.25) is 0 Å². The zero-order valence-electron chi connectivity index (χ0n) is 14.8. The molecule has 138 valence electrons. The Hall–Kier alpha value is -2.35. The number of nitro benzene ring substituents is 1. The van der Waals surface area contributed by atoms with Crippen LogP contribution in [-0.2, 0) is 9.53 Å². The summed E-state index contributed by atoms with van der Waals surface area (Å²) in [5, 5.41) is 11.4. The van der Waals surface area contributed by atoms with Gasteiger partial charge in [-0.2, -0.15) is 0 Å². The highest BCUT2D eigenvalue weighted by molar-refractivity contribution is 5.65. The minimum atomic E-state index is -0.423. The van der Waals surface area contributed by atoms with Crippen molar-refractivity contribution in [3.05, 3.63) is 28.3 Å². The highest BCUT2D eigenvalue weighted by atomic mass is 16.6. The second kappa shape index (κ2) is 9.22. The molecule has 1 aromatic carbocycles. The third-order valence-electron chi connectivity index (χ3n) is 4.18. The summed E-state index contributed by atoms with van der Waals surface area (Å²) in [6, 6.07) is 5.07. The molecule has 1 aliphatic heterocycles. The van der Waals surface area contributed by atoms with Gasteiger partial charge in [-0.3, -0.25) is 14.9 Å². The minimum Gasteiger partial charge on any atom is -0.487 e. The number of hydrogen-bond donors (Lipinski definition) is 0. The average molecular weight is 351 g/mol. The Morgan fingerprint density at radius 3 is 2.56 bits per heavy atom. The first-order valence-electron chi connectivity index (χ1n) is 8.53. The molecule has 1 aliphatic rings. The van der Waals surface area contributed by atoms with E-state index in [0.717, 1.165) is 38.4 Å². The van der Waals surface area contributed by atoms with E-state index in [2.05, 4.69) is 16.7 Å². The van der Waals surface area contributed by atoms with Crippen molar-refractivity contribution >= 4 is 17.3 Å². The number of esters is 1. The van der Waals surface area contributed by atoms with Crippen LogP contribution in [0.15, 0.2) is 18.2 Å². The van der Waals surface area contributed by atoms with Crippen LogP contribution in [0.1, 0.15) is 20.3 Å². The van der Waals surface area contributed by atoms with Crippen molar-refractivity contribution in [2.24, 2.45) is 0 Å². The van der Waals surface area contributed by atoms with Gasteiger partial charge in [-0.1, -0.05) is 6.92 Å². The van der Waals surface area contributed by atoms with E-state index in [4.69, 9.17) is 9.47 Å². The monoisotopic (exact) mass is 351 g/mol. The molecule has 0 aromatic heterocycles. The van der Waals surface area contributed by atoms with E-state index in [0.29, 0.717) is 6.42 Å². The molecule has 0 saturated carbocycles. The summed E-state index contributed by atoms with van der Waals surface area (Å²) in [5.74, 6) is -0.109. The maximum Gasteiger partial charge on any atom is 0.312 e. The molecule has 0 bridgehead atoms. The average Bonchev–Trinajstić information content (AvgIpc) is 2.61.